The molecule has 2 heterocycles. The predicted octanol–water partition coefficient (Wildman–Crippen LogP) is 3.65. The third-order valence-corrected chi connectivity index (χ3v) is 2.75. The molecule has 0 spiro atoms. The van der Waals surface area contributed by atoms with Crippen molar-refractivity contribution in [2.24, 2.45) is 0 Å². The number of pyridine rings is 1. The van der Waals surface area contributed by atoms with Crippen LogP contribution in [0.15, 0.2) is 29.0 Å². The van der Waals surface area contributed by atoms with Crippen LogP contribution >= 0.6 is 11.6 Å². The minimum Gasteiger partial charge on any atom is -0.464 e. The van der Waals surface area contributed by atoms with Crippen molar-refractivity contribution in [3.8, 4) is 0 Å². The topological polar surface area (TPSA) is 38.1 Å². The van der Waals surface area contributed by atoms with E-state index in [1.165, 1.54) is 0 Å². The van der Waals surface area contributed by atoms with Gasteiger partial charge in [-0.1, -0.05) is 0 Å². The van der Waals surface area contributed by atoms with Crippen LogP contribution in [0.2, 0.25) is 0 Å². The molecule has 0 saturated heterocycles. The summed E-state index contributed by atoms with van der Waals surface area (Å²) in [6.07, 6.45) is 4.29. The molecule has 1 N–H and O–H groups in total. The summed E-state index contributed by atoms with van der Waals surface area (Å²) in [4.78, 5) is 4.33. The number of furan rings is 1. The molecule has 0 aromatic carbocycles. The lowest BCUT2D eigenvalue weighted by Gasteiger charge is -2.26. The van der Waals surface area contributed by atoms with Gasteiger partial charge in [-0.15, -0.1) is 11.6 Å². The van der Waals surface area contributed by atoms with Gasteiger partial charge < -0.3 is 9.73 Å². The van der Waals surface area contributed by atoms with E-state index in [4.69, 9.17) is 16.0 Å². The van der Waals surface area contributed by atoms with Gasteiger partial charge in [0.2, 0.25) is 0 Å². The van der Waals surface area contributed by atoms with Crippen molar-refractivity contribution in [1.82, 2.24) is 4.98 Å². The molecular formula is C12H15ClN2O. The number of nitrogens with one attached hydrogen (secondary N) is 1. The highest BCUT2D eigenvalue weighted by Gasteiger charge is 2.18. The fourth-order valence-corrected chi connectivity index (χ4v) is 2.09. The Bertz CT molecular complexity index is 479. The van der Waals surface area contributed by atoms with Crippen molar-refractivity contribution in [2.75, 3.05) is 11.2 Å². The quantitative estimate of drug-likeness (QED) is 0.827. The largest absolute Gasteiger partial charge is 0.464 e. The van der Waals surface area contributed by atoms with E-state index in [1.807, 2.05) is 12.1 Å². The number of fused-ring (bicyclic) bond motifs is 1. The van der Waals surface area contributed by atoms with Crippen LogP contribution in [-0.4, -0.2) is 16.4 Å². The van der Waals surface area contributed by atoms with Gasteiger partial charge in [0.25, 0.3) is 0 Å². The first-order valence-electron chi connectivity index (χ1n) is 5.29. The summed E-state index contributed by atoms with van der Waals surface area (Å²) < 4.78 is 5.33. The van der Waals surface area contributed by atoms with Gasteiger partial charge in [-0.3, -0.25) is 0 Å². The van der Waals surface area contributed by atoms with Crippen molar-refractivity contribution < 1.29 is 4.42 Å². The number of hydrogen-bond acceptors (Lipinski definition) is 3. The summed E-state index contributed by atoms with van der Waals surface area (Å²) in [5.74, 6) is 1.47. The predicted molar refractivity (Wildman–Crippen MR) is 67.0 cm³/mol. The molecule has 4 heteroatoms. The molecule has 0 saturated carbocycles. The molecule has 0 aliphatic carbocycles. The van der Waals surface area contributed by atoms with Gasteiger partial charge in [-0.25, -0.2) is 4.98 Å². The maximum Gasteiger partial charge on any atom is 0.139 e. The van der Waals surface area contributed by atoms with Crippen LogP contribution in [0.1, 0.15) is 20.3 Å². The minimum atomic E-state index is -0.0691. The fourth-order valence-electron chi connectivity index (χ4n) is 1.61. The van der Waals surface area contributed by atoms with E-state index < -0.39 is 0 Å². The van der Waals surface area contributed by atoms with Gasteiger partial charge >= 0.3 is 0 Å². The summed E-state index contributed by atoms with van der Waals surface area (Å²) in [6, 6.07) is 3.77. The number of rotatable bonds is 4. The van der Waals surface area contributed by atoms with E-state index in [0.29, 0.717) is 5.88 Å². The molecule has 0 atom stereocenters. The van der Waals surface area contributed by atoms with E-state index in [9.17, 15) is 0 Å². The van der Waals surface area contributed by atoms with E-state index in [0.717, 1.165) is 23.2 Å². The summed E-state index contributed by atoms with van der Waals surface area (Å²) in [5.41, 5.74) is 0.777. The van der Waals surface area contributed by atoms with Crippen molar-refractivity contribution in [3.63, 3.8) is 0 Å². The van der Waals surface area contributed by atoms with Gasteiger partial charge in [0, 0.05) is 17.6 Å². The summed E-state index contributed by atoms with van der Waals surface area (Å²) >= 11 is 5.77. The van der Waals surface area contributed by atoms with Gasteiger partial charge in [0.05, 0.1) is 11.6 Å². The van der Waals surface area contributed by atoms with Gasteiger partial charge in [0.15, 0.2) is 0 Å². The minimum absolute atomic E-state index is 0.0691. The standard InChI is InChI=1S/C12H15ClN2O/c1-12(2,5-6-13)15-11-9-4-8-16-10(9)3-7-14-11/h3-4,7-8H,5-6H2,1-2H3,(H,14,15). The number of aromatic nitrogens is 1. The first kappa shape index (κ1) is 11.3. The van der Waals surface area contributed by atoms with Crippen LogP contribution in [0.25, 0.3) is 11.0 Å². The number of anilines is 1. The Hall–Kier alpha value is -1.22. The molecule has 0 radical (unpaired) electrons. The molecule has 2 aromatic heterocycles. The summed E-state index contributed by atoms with van der Waals surface area (Å²) in [6.45, 7) is 4.21. The normalized spacial score (nSPS) is 11.9. The van der Waals surface area contributed by atoms with Crippen LogP contribution in [0.5, 0.6) is 0 Å². The smallest absolute Gasteiger partial charge is 0.139 e. The average molecular weight is 239 g/mol. The van der Waals surface area contributed by atoms with Gasteiger partial charge in [-0.2, -0.15) is 0 Å². The third-order valence-electron chi connectivity index (χ3n) is 2.56. The summed E-state index contributed by atoms with van der Waals surface area (Å²) in [7, 11) is 0. The molecule has 16 heavy (non-hydrogen) atoms. The average Bonchev–Trinajstić information content (AvgIpc) is 2.65. The Morgan fingerprint density at radius 3 is 3.00 bits per heavy atom. The molecule has 3 nitrogen and oxygen atoms in total. The summed E-state index contributed by atoms with van der Waals surface area (Å²) in [5, 5.41) is 4.40. The van der Waals surface area contributed by atoms with E-state index >= 15 is 0 Å². The Kier molecular flexibility index (Phi) is 3.06. The highest BCUT2D eigenvalue weighted by atomic mass is 35.5. The Morgan fingerprint density at radius 1 is 1.44 bits per heavy atom. The number of halogens is 1. The molecule has 0 bridgehead atoms. The zero-order chi connectivity index (χ0) is 11.6. The van der Waals surface area contributed by atoms with Crippen LogP contribution in [0, 0.1) is 0 Å². The molecule has 0 aliphatic heterocycles. The van der Waals surface area contributed by atoms with Crippen molar-refractivity contribution >= 4 is 28.4 Å². The van der Waals surface area contributed by atoms with Gasteiger partial charge in [0.1, 0.15) is 11.4 Å². The van der Waals surface area contributed by atoms with Crippen LogP contribution in [0.3, 0.4) is 0 Å². The SMILES string of the molecule is CC(C)(CCCl)Nc1nccc2occc12. The number of hydrogen-bond donors (Lipinski definition) is 1. The zero-order valence-electron chi connectivity index (χ0n) is 9.46. The zero-order valence-corrected chi connectivity index (χ0v) is 10.2. The van der Waals surface area contributed by atoms with Crippen molar-refractivity contribution in [3.05, 3.63) is 24.6 Å². The lowest BCUT2D eigenvalue weighted by molar-refractivity contribution is 0.549. The van der Waals surface area contributed by atoms with Crippen LogP contribution in [-0.2, 0) is 0 Å². The van der Waals surface area contributed by atoms with Crippen LogP contribution in [0.4, 0.5) is 5.82 Å². The maximum absolute atomic E-state index is 5.77. The van der Waals surface area contributed by atoms with Crippen molar-refractivity contribution in [1.29, 1.82) is 0 Å². The lowest BCUT2D eigenvalue weighted by Crippen LogP contribution is -2.31. The highest BCUT2D eigenvalue weighted by molar-refractivity contribution is 6.17. The van der Waals surface area contributed by atoms with E-state index in [-0.39, 0.29) is 5.54 Å². The maximum atomic E-state index is 5.77. The fraction of sp³-hybridized carbons (Fsp3) is 0.417. The van der Waals surface area contributed by atoms with E-state index in [2.05, 4.69) is 24.1 Å². The second-order valence-corrected chi connectivity index (χ2v) is 4.82. The number of nitrogens with zero attached hydrogens (tertiary/aromatic N) is 1. The van der Waals surface area contributed by atoms with Crippen LogP contribution < -0.4 is 5.32 Å². The van der Waals surface area contributed by atoms with E-state index in [1.54, 1.807) is 12.5 Å². The van der Waals surface area contributed by atoms with Crippen molar-refractivity contribution in [2.45, 2.75) is 25.8 Å². The number of alkyl halides is 1. The lowest BCUT2D eigenvalue weighted by atomic mass is 10.0. The first-order chi connectivity index (χ1) is 7.62. The molecule has 0 aliphatic rings. The molecular weight excluding hydrogens is 224 g/mol. The molecule has 0 fully saturated rings. The molecule has 0 unspecified atom stereocenters. The molecule has 0 amide bonds. The van der Waals surface area contributed by atoms with Gasteiger partial charge in [-0.05, 0) is 32.4 Å². The Labute approximate surface area is 99.8 Å². The molecule has 2 aromatic rings. The Balaban J connectivity index is 2.30. The second-order valence-electron chi connectivity index (χ2n) is 4.44. The second kappa shape index (κ2) is 4.34. The Morgan fingerprint density at radius 2 is 2.25 bits per heavy atom. The third kappa shape index (κ3) is 2.30. The monoisotopic (exact) mass is 238 g/mol. The highest BCUT2D eigenvalue weighted by Crippen LogP contribution is 2.25. The molecule has 86 valence electrons. The molecule has 2 rings (SSSR count). The first-order valence-corrected chi connectivity index (χ1v) is 5.82.